The first kappa shape index (κ1) is 13.5. The number of halogens is 1. The first-order valence-corrected chi connectivity index (χ1v) is 6.44. The van der Waals surface area contributed by atoms with Crippen molar-refractivity contribution in [2.24, 2.45) is 7.05 Å². The zero-order valence-electron chi connectivity index (χ0n) is 10.6. The number of anilines is 1. The van der Waals surface area contributed by atoms with Gasteiger partial charge in [-0.3, -0.25) is 10.1 Å². The SMILES string of the molecule is Cc1nn(C)c(NCc2cccc(Br)c2)c1[N+](=O)[O-]. The average molecular weight is 325 g/mol. The van der Waals surface area contributed by atoms with Gasteiger partial charge in [-0.15, -0.1) is 0 Å². The van der Waals surface area contributed by atoms with Gasteiger partial charge in [0.15, 0.2) is 0 Å². The Morgan fingerprint density at radius 2 is 2.26 bits per heavy atom. The molecule has 19 heavy (non-hydrogen) atoms. The minimum atomic E-state index is -0.411. The molecule has 1 aromatic heterocycles. The molecule has 0 atom stereocenters. The van der Waals surface area contributed by atoms with Gasteiger partial charge in [0.1, 0.15) is 5.69 Å². The Labute approximate surface area is 118 Å². The topological polar surface area (TPSA) is 73.0 Å². The summed E-state index contributed by atoms with van der Waals surface area (Å²) in [7, 11) is 1.68. The fourth-order valence-electron chi connectivity index (χ4n) is 1.90. The van der Waals surface area contributed by atoms with Crippen molar-refractivity contribution >= 4 is 27.4 Å². The first-order chi connectivity index (χ1) is 8.99. The molecule has 0 spiro atoms. The molecule has 0 unspecified atom stereocenters. The second-order valence-corrected chi connectivity index (χ2v) is 5.06. The van der Waals surface area contributed by atoms with E-state index >= 15 is 0 Å². The van der Waals surface area contributed by atoms with E-state index in [0.29, 0.717) is 18.1 Å². The second kappa shape index (κ2) is 5.40. The van der Waals surface area contributed by atoms with Gasteiger partial charge in [0.2, 0.25) is 5.82 Å². The molecule has 0 aliphatic carbocycles. The van der Waals surface area contributed by atoms with Gasteiger partial charge in [0, 0.05) is 18.1 Å². The summed E-state index contributed by atoms with van der Waals surface area (Å²) in [5.74, 6) is 0.419. The number of rotatable bonds is 4. The van der Waals surface area contributed by atoms with Crippen molar-refractivity contribution in [1.29, 1.82) is 0 Å². The first-order valence-electron chi connectivity index (χ1n) is 5.65. The Morgan fingerprint density at radius 1 is 1.53 bits per heavy atom. The van der Waals surface area contributed by atoms with Gasteiger partial charge < -0.3 is 5.32 Å². The van der Waals surface area contributed by atoms with E-state index in [9.17, 15) is 10.1 Å². The lowest BCUT2D eigenvalue weighted by Gasteiger charge is -2.06. The molecular weight excluding hydrogens is 312 g/mol. The molecule has 0 aliphatic heterocycles. The lowest BCUT2D eigenvalue weighted by molar-refractivity contribution is -0.384. The van der Waals surface area contributed by atoms with Gasteiger partial charge >= 0.3 is 5.69 Å². The number of nitrogens with one attached hydrogen (secondary N) is 1. The molecule has 7 heteroatoms. The molecule has 2 rings (SSSR count). The van der Waals surface area contributed by atoms with Crippen LogP contribution in [0.4, 0.5) is 11.5 Å². The van der Waals surface area contributed by atoms with Crippen LogP contribution in [-0.2, 0) is 13.6 Å². The fraction of sp³-hybridized carbons (Fsp3) is 0.250. The highest BCUT2D eigenvalue weighted by atomic mass is 79.9. The highest BCUT2D eigenvalue weighted by Gasteiger charge is 2.23. The molecule has 2 aromatic rings. The van der Waals surface area contributed by atoms with Crippen molar-refractivity contribution < 1.29 is 4.92 Å². The van der Waals surface area contributed by atoms with Crippen molar-refractivity contribution in [1.82, 2.24) is 9.78 Å². The Balaban J connectivity index is 2.22. The molecule has 0 bridgehead atoms. The lowest BCUT2D eigenvalue weighted by atomic mass is 10.2. The van der Waals surface area contributed by atoms with E-state index in [2.05, 4.69) is 26.3 Å². The van der Waals surface area contributed by atoms with E-state index in [1.165, 1.54) is 4.68 Å². The molecule has 0 saturated carbocycles. The molecule has 1 heterocycles. The predicted molar refractivity (Wildman–Crippen MR) is 76.1 cm³/mol. The van der Waals surface area contributed by atoms with Gasteiger partial charge in [-0.2, -0.15) is 5.10 Å². The van der Waals surface area contributed by atoms with Crippen molar-refractivity contribution in [3.63, 3.8) is 0 Å². The zero-order valence-corrected chi connectivity index (χ0v) is 12.1. The highest BCUT2D eigenvalue weighted by molar-refractivity contribution is 9.10. The summed E-state index contributed by atoms with van der Waals surface area (Å²) in [6.07, 6.45) is 0. The molecular formula is C12H13BrN4O2. The number of hydrogen-bond donors (Lipinski definition) is 1. The molecule has 0 fully saturated rings. The molecule has 1 aromatic carbocycles. The third-order valence-electron chi connectivity index (χ3n) is 2.72. The molecule has 0 amide bonds. The largest absolute Gasteiger partial charge is 0.360 e. The normalized spacial score (nSPS) is 10.5. The van der Waals surface area contributed by atoms with E-state index in [1.807, 2.05) is 24.3 Å². The van der Waals surface area contributed by atoms with Crippen LogP contribution in [-0.4, -0.2) is 14.7 Å². The molecule has 6 nitrogen and oxygen atoms in total. The zero-order chi connectivity index (χ0) is 14.0. The summed E-state index contributed by atoms with van der Waals surface area (Å²) in [6.45, 7) is 2.13. The molecule has 0 aliphatic rings. The van der Waals surface area contributed by atoms with E-state index in [1.54, 1.807) is 14.0 Å². The smallest absolute Gasteiger partial charge is 0.333 e. The van der Waals surface area contributed by atoms with E-state index in [4.69, 9.17) is 0 Å². The predicted octanol–water partition coefficient (Wildman–Crippen LogP) is 3.01. The Kier molecular flexibility index (Phi) is 3.84. The Bertz CT molecular complexity index is 624. The summed E-state index contributed by atoms with van der Waals surface area (Å²) in [5.41, 5.74) is 1.46. The number of aryl methyl sites for hydroxylation is 2. The third-order valence-corrected chi connectivity index (χ3v) is 3.22. The highest BCUT2D eigenvalue weighted by Crippen LogP contribution is 2.27. The molecule has 100 valence electrons. The van der Waals surface area contributed by atoms with Crippen molar-refractivity contribution in [3.8, 4) is 0 Å². The summed E-state index contributed by atoms with van der Waals surface area (Å²) in [5, 5.41) is 18.2. The minimum absolute atomic E-state index is 0.0255. The number of nitrogens with zero attached hydrogens (tertiary/aromatic N) is 3. The fourth-order valence-corrected chi connectivity index (χ4v) is 2.34. The van der Waals surface area contributed by atoms with Crippen LogP contribution in [0, 0.1) is 17.0 Å². The van der Waals surface area contributed by atoms with E-state index in [0.717, 1.165) is 10.0 Å². The van der Waals surface area contributed by atoms with E-state index < -0.39 is 4.92 Å². The van der Waals surface area contributed by atoms with Gasteiger partial charge in [0.05, 0.1) is 4.92 Å². The maximum Gasteiger partial charge on any atom is 0.333 e. The van der Waals surface area contributed by atoms with E-state index in [-0.39, 0.29) is 5.69 Å². The van der Waals surface area contributed by atoms with Crippen LogP contribution in [0.1, 0.15) is 11.3 Å². The molecule has 0 saturated heterocycles. The summed E-state index contributed by atoms with van der Waals surface area (Å²) >= 11 is 3.39. The van der Waals surface area contributed by atoms with Crippen LogP contribution in [0.5, 0.6) is 0 Å². The van der Waals surface area contributed by atoms with Gasteiger partial charge in [-0.1, -0.05) is 28.1 Å². The number of aromatic nitrogens is 2. The Hall–Kier alpha value is -1.89. The van der Waals surface area contributed by atoms with Crippen LogP contribution in [0.3, 0.4) is 0 Å². The summed E-state index contributed by atoms with van der Waals surface area (Å²) in [6, 6.07) is 7.76. The number of benzene rings is 1. The second-order valence-electron chi connectivity index (χ2n) is 4.15. The van der Waals surface area contributed by atoms with Gasteiger partial charge in [-0.25, -0.2) is 4.68 Å². The Morgan fingerprint density at radius 3 is 2.89 bits per heavy atom. The summed E-state index contributed by atoms with van der Waals surface area (Å²) in [4.78, 5) is 10.6. The van der Waals surface area contributed by atoms with Crippen molar-refractivity contribution in [3.05, 3.63) is 50.1 Å². The maximum absolute atomic E-state index is 11.0. The van der Waals surface area contributed by atoms with Crippen LogP contribution in [0.15, 0.2) is 28.7 Å². The van der Waals surface area contributed by atoms with Crippen LogP contribution in [0.25, 0.3) is 0 Å². The lowest BCUT2D eigenvalue weighted by Crippen LogP contribution is -2.06. The van der Waals surface area contributed by atoms with Crippen LogP contribution in [0.2, 0.25) is 0 Å². The number of nitro groups is 1. The average Bonchev–Trinajstić information content (AvgIpc) is 2.61. The molecule has 0 radical (unpaired) electrons. The molecule has 1 N–H and O–H groups in total. The minimum Gasteiger partial charge on any atom is -0.360 e. The van der Waals surface area contributed by atoms with Gasteiger partial charge in [0.25, 0.3) is 0 Å². The monoisotopic (exact) mass is 324 g/mol. The quantitative estimate of drug-likeness (QED) is 0.693. The maximum atomic E-state index is 11.0. The number of hydrogen-bond acceptors (Lipinski definition) is 4. The standard InChI is InChI=1S/C12H13BrN4O2/c1-8-11(17(18)19)12(16(2)15-8)14-7-9-4-3-5-10(13)6-9/h3-6,14H,7H2,1-2H3. The third kappa shape index (κ3) is 2.93. The van der Waals surface area contributed by atoms with Gasteiger partial charge in [-0.05, 0) is 24.6 Å². The van der Waals surface area contributed by atoms with Crippen molar-refractivity contribution in [2.75, 3.05) is 5.32 Å². The van der Waals surface area contributed by atoms with Crippen molar-refractivity contribution in [2.45, 2.75) is 13.5 Å². The summed E-state index contributed by atoms with van der Waals surface area (Å²) < 4.78 is 2.47. The van der Waals surface area contributed by atoms with Crippen LogP contribution < -0.4 is 5.32 Å². The van der Waals surface area contributed by atoms with Crippen LogP contribution >= 0.6 is 15.9 Å².